The van der Waals surface area contributed by atoms with E-state index in [1.54, 1.807) is 21.3 Å². The molecule has 0 aliphatic rings. The van der Waals surface area contributed by atoms with Gasteiger partial charge in [0.2, 0.25) is 0 Å². The van der Waals surface area contributed by atoms with Gasteiger partial charge in [0.15, 0.2) is 0 Å². The van der Waals surface area contributed by atoms with Crippen LogP contribution in [0.3, 0.4) is 0 Å². The first kappa shape index (κ1) is 14.3. The molecule has 0 aliphatic carbocycles. The maximum absolute atomic E-state index is 5.14. The first-order valence-electron chi connectivity index (χ1n) is 4.99. The second-order valence-corrected chi connectivity index (χ2v) is 8.35. The Labute approximate surface area is 88.4 Å². The van der Waals surface area contributed by atoms with E-state index in [9.17, 15) is 0 Å². The third kappa shape index (κ3) is 6.72. The highest BCUT2D eigenvalue weighted by Crippen LogP contribution is 2.54. The van der Waals surface area contributed by atoms with Crippen LogP contribution in [0.2, 0.25) is 0 Å². The van der Waals surface area contributed by atoms with Crippen molar-refractivity contribution in [3.8, 4) is 0 Å². The molecule has 0 saturated carbocycles. The Morgan fingerprint density at radius 2 is 1.00 bits per heavy atom. The molecule has 0 bridgehead atoms. The summed E-state index contributed by atoms with van der Waals surface area (Å²) in [7, 11) is 4.39. The highest BCUT2D eigenvalue weighted by molar-refractivity contribution is 7.75. The third-order valence-corrected chi connectivity index (χ3v) is 6.29. The molecule has 0 aromatic carbocycles. The van der Waals surface area contributed by atoms with Gasteiger partial charge in [0.1, 0.15) is 0 Å². The molecule has 0 radical (unpaired) electrons. The van der Waals surface area contributed by atoms with Gasteiger partial charge in [-0.2, -0.15) is 0 Å². The molecular weight excluding hydrogens is 199 g/mol. The minimum atomic E-state index is -0.894. The van der Waals surface area contributed by atoms with E-state index >= 15 is 0 Å². The van der Waals surface area contributed by atoms with Gasteiger partial charge in [-0.1, -0.05) is 0 Å². The van der Waals surface area contributed by atoms with Crippen molar-refractivity contribution in [2.75, 3.05) is 66.3 Å². The zero-order valence-electron chi connectivity index (χ0n) is 9.91. The van der Waals surface area contributed by atoms with E-state index < -0.39 is 7.26 Å². The molecule has 0 aliphatic heterocycles. The average Bonchev–Trinajstić information content (AvgIpc) is 2.21. The quantitative estimate of drug-likeness (QED) is 0.555. The number of methoxy groups -OCH3 is 3. The minimum Gasteiger partial charge on any atom is -0.381 e. The summed E-state index contributed by atoms with van der Waals surface area (Å²) in [5, 5.41) is 0. The predicted octanol–water partition coefficient (Wildman–Crippen LogP) is 1.57. The van der Waals surface area contributed by atoms with Gasteiger partial charge in [-0.15, -0.1) is 0 Å². The zero-order chi connectivity index (χ0) is 10.9. The summed E-state index contributed by atoms with van der Waals surface area (Å²) in [4.78, 5) is 0. The summed E-state index contributed by atoms with van der Waals surface area (Å²) >= 11 is 0. The Morgan fingerprint density at radius 3 is 1.21 bits per heavy atom. The standard InChI is InChI=1S/C10H24O3P/c1-11-5-8-14(4,9-6-12-2)10-7-13-3/h5-10H2,1-4H3/q+1. The fourth-order valence-electron chi connectivity index (χ4n) is 1.27. The predicted molar refractivity (Wildman–Crippen MR) is 63.1 cm³/mol. The molecule has 14 heavy (non-hydrogen) atoms. The molecular formula is C10H24O3P+. The van der Waals surface area contributed by atoms with Crippen molar-refractivity contribution in [1.29, 1.82) is 0 Å². The molecule has 0 heterocycles. The molecule has 0 rings (SSSR count). The van der Waals surface area contributed by atoms with Crippen LogP contribution in [-0.4, -0.2) is 66.3 Å². The molecule has 0 fully saturated rings. The molecule has 0 atom stereocenters. The topological polar surface area (TPSA) is 27.7 Å². The SMILES string of the molecule is COCC[P+](C)(CCOC)CCOC. The van der Waals surface area contributed by atoms with Gasteiger partial charge >= 0.3 is 0 Å². The maximum Gasteiger partial charge on any atom is 0.0826 e. The van der Waals surface area contributed by atoms with Crippen molar-refractivity contribution in [3.63, 3.8) is 0 Å². The zero-order valence-corrected chi connectivity index (χ0v) is 10.8. The van der Waals surface area contributed by atoms with Crippen molar-refractivity contribution in [3.05, 3.63) is 0 Å². The molecule has 86 valence electrons. The second kappa shape index (κ2) is 8.60. The van der Waals surface area contributed by atoms with Crippen LogP contribution in [0.5, 0.6) is 0 Å². The molecule has 0 aromatic heterocycles. The van der Waals surface area contributed by atoms with Crippen molar-refractivity contribution < 1.29 is 14.2 Å². The third-order valence-electron chi connectivity index (χ3n) is 2.51. The van der Waals surface area contributed by atoms with E-state index in [1.165, 1.54) is 18.5 Å². The van der Waals surface area contributed by atoms with Crippen LogP contribution in [0.25, 0.3) is 0 Å². The van der Waals surface area contributed by atoms with E-state index in [4.69, 9.17) is 14.2 Å². The Hall–Kier alpha value is 0.310. The monoisotopic (exact) mass is 223 g/mol. The van der Waals surface area contributed by atoms with Crippen LogP contribution in [-0.2, 0) is 14.2 Å². The molecule has 0 amide bonds. The fraction of sp³-hybridized carbons (Fsp3) is 1.00. The van der Waals surface area contributed by atoms with Gasteiger partial charge < -0.3 is 14.2 Å². The highest BCUT2D eigenvalue weighted by atomic mass is 31.2. The van der Waals surface area contributed by atoms with Crippen molar-refractivity contribution in [2.24, 2.45) is 0 Å². The van der Waals surface area contributed by atoms with Crippen molar-refractivity contribution in [1.82, 2.24) is 0 Å². The molecule has 0 N–H and O–H groups in total. The first-order valence-corrected chi connectivity index (χ1v) is 7.78. The van der Waals surface area contributed by atoms with Crippen LogP contribution in [0.1, 0.15) is 0 Å². The Kier molecular flexibility index (Phi) is 8.80. The van der Waals surface area contributed by atoms with Crippen LogP contribution in [0.4, 0.5) is 0 Å². The highest BCUT2D eigenvalue weighted by Gasteiger charge is 2.30. The number of hydrogen-bond acceptors (Lipinski definition) is 3. The van der Waals surface area contributed by atoms with Crippen LogP contribution in [0, 0.1) is 0 Å². The lowest BCUT2D eigenvalue weighted by molar-refractivity contribution is 0.208. The van der Waals surface area contributed by atoms with E-state index in [2.05, 4.69) is 6.66 Å². The van der Waals surface area contributed by atoms with E-state index in [0.29, 0.717) is 0 Å². The number of hydrogen-bond donors (Lipinski definition) is 0. The summed E-state index contributed by atoms with van der Waals surface area (Å²) in [6.45, 7) is 4.96. The second-order valence-electron chi connectivity index (χ2n) is 3.77. The molecule has 0 saturated heterocycles. The van der Waals surface area contributed by atoms with Crippen molar-refractivity contribution in [2.45, 2.75) is 0 Å². The lowest BCUT2D eigenvalue weighted by atomic mass is 10.8. The Bertz CT molecular complexity index is 109. The van der Waals surface area contributed by atoms with Gasteiger partial charge in [-0.3, -0.25) is 0 Å². The van der Waals surface area contributed by atoms with Crippen LogP contribution < -0.4 is 0 Å². The maximum atomic E-state index is 5.14. The summed E-state index contributed by atoms with van der Waals surface area (Å²) in [5.74, 6) is 0. The molecule has 0 spiro atoms. The molecule has 4 heteroatoms. The molecule has 3 nitrogen and oxygen atoms in total. The van der Waals surface area contributed by atoms with Crippen molar-refractivity contribution >= 4 is 7.26 Å². The summed E-state index contributed by atoms with van der Waals surface area (Å²) < 4.78 is 15.4. The number of ether oxygens (including phenoxy) is 3. The first-order chi connectivity index (χ1) is 6.68. The van der Waals surface area contributed by atoms with E-state index in [-0.39, 0.29) is 0 Å². The summed E-state index contributed by atoms with van der Waals surface area (Å²) in [6.07, 6.45) is 3.53. The average molecular weight is 223 g/mol. The molecule has 0 aromatic rings. The number of rotatable bonds is 9. The van der Waals surface area contributed by atoms with Gasteiger partial charge in [0.05, 0.1) is 38.3 Å². The van der Waals surface area contributed by atoms with Crippen LogP contribution >= 0.6 is 7.26 Å². The van der Waals surface area contributed by atoms with Gasteiger partial charge in [-0.05, 0) is 0 Å². The van der Waals surface area contributed by atoms with E-state index in [1.807, 2.05) is 0 Å². The van der Waals surface area contributed by atoms with E-state index in [0.717, 1.165) is 19.8 Å². The van der Waals surface area contributed by atoms with Gasteiger partial charge in [0.25, 0.3) is 0 Å². The minimum absolute atomic E-state index is 0.859. The van der Waals surface area contributed by atoms with Gasteiger partial charge in [0, 0.05) is 35.3 Å². The Balaban J connectivity index is 3.89. The summed E-state index contributed by atoms with van der Waals surface area (Å²) in [5.41, 5.74) is 0. The normalized spacial score (nSPS) is 12.0. The van der Waals surface area contributed by atoms with Crippen LogP contribution in [0.15, 0.2) is 0 Å². The largest absolute Gasteiger partial charge is 0.381 e. The lowest BCUT2D eigenvalue weighted by Crippen LogP contribution is -2.16. The smallest absolute Gasteiger partial charge is 0.0826 e. The lowest BCUT2D eigenvalue weighted by Gasteiger charge is -2.22. The molecule has 0 unspecified atom stereocenters. The summed E-state index contributed by atoms with van der Waals surface area (Å²) in [6, 6.07) is 0. The Morgan fingerprint density at radius 1 is 0.714 bits per heavy atom. The van der Waals surface area contributed by atoms with Gasteiger partial charge in [-0.25, -0.2) is 0 Å². The fourth-order valence-corrected chi connectivity index (χ4v) is 3.81.